The van der Waals surface area contributed by atoms with Gasteiger partial charge in [0.05, 0.1) is 5.39 Å². The average molecular weight is 350 g/mol. The van der Waals surface area contributed by atoms with Crippen LogP contribution in [0.25, 0.3) is 22.2 Å². The predicted octanol–water partition coefficient (Wildman–Crippen LogP) is 1.93. The number of hydrogen-bond acceptors (Lipinski definition) is 6. The number of carbonyl (C=O) groups is 1. The van der Waals surface area contributed by atoms with Gasteiger partial charge in [-0.2, -0.15) is 5.10 Å². The van der Waals surface area contributed by atoms with Crippen LogP contribution in [0.1, 0.15) is 18.4 Å². The Kier molecular flexibility index (Phi) is 4.02. The fraction of sp³-hybridized carbons (Fsp3) is 0.167. The van der Waals surface area contributed by atoms with Crippen molar-refractivity contribution in [2.45, 2.75) is 12.8 Å². The van der Waals surface area contributed by atoms with Crippen molar-refractivity contribution < 1.29 is 9.32 Å². The molecule has 0 saturated heterocycles. The molecule has 1 aromatic heterocycles. The molecule has 1 saturated carbocycles. The van der Waals surface area contributed by atoms with Crippen LogP contribution in [0, 0.1) is 5.92 Å². The first-order valence-corrected chi connectivity index (χ1v) is 8.25. The molecule has 1 aliphatic rings. The number of carbonyl (C=O) groups excluding carboxylic acids is 1. The molecule has 8 heteroatoms. The second-order valence-electron chi connectivity index (χ2n) is 6.21. The van der Waals surface area contributed by atoms with Gasteiger partial charge in [-0.3, -0.25) is 4.79 Å². The van der Waals surface area contributed by atoms with E-state index in [4.69, 9.17) is 16.2 Å². The van der Waals surface area contributed by atoms with Gasteiger partial charge in [0.15, 0.2) is 11.6 Å². The Morgan fingerprint density at radius 2 is 2.08 bits per heavy atom. The lowest BCUT2D eigenvalue weighted by molar-refractivity contribution is -0.117. The molecular weight excluding hydrogens is 332 g/mol. The minimum absolute atomic E-state index is 0.0599. The van der Waals surface area contributed by atoms with Crippen LogP contribution in [0.3, 0.4) is 0 Å². The third-order valence-electron chi connectivity index (χ3n) is 4.36. The highest BCUT2D eigenvalue weighted by molar-refractivity contribution is 6.03. The maximum atomic E-state index is 12.0. The van der Waals surface area contributed by atoms with Gasteiger partial charge >= 0.3 is 0 Å². The predicted molar refractivity (Wildman–Crippen MR) is 98.8 cm³/mol. The second-order valence-corrected chi connectivity index (χ2v) is 6.21. The molecule has 4 rings (SSSR count). The molecule has 8 nitrogen and oxygen atoms in total. The highest BCUT2D eigenvalue weighted by Gasteiger charge is 2.29. The minimum Gasteiger partial charge on any atom is -0.355 e. The van der Waals surface area contributed by atoms with Crippen molar-refractivity contribution in [3.8, 4) is 11.3 Å². The summed E-state index contributed by atoms with van der Waals surface area (Å²) >= 11 is 0. The molecule has 0 aliphatic heterocycles. The molecule has 0 unspecified atom stereocenters. The fourth-order valence-electron chi connectivity index (χ4n) is 2.82. The lowest BCUT2D eigenvalue weighted by atomic mass is 10.1. The van der Waals surface area contributed by atoms with E-state index in [1.54, 1.807) is 12.1 Å². The Morgan fingerprint density at radius 3 is 2.81 bits per heavy atom. The van der Waals surface area contributed by atoms with Gasteiger partial charge in [0.25, 0.3) is 0 Å². The zero-order valence-corrected chi connectivity index (χ0v) is 13.9. The lowest BCUT2D eigenvalue weighted by Gasteiger charge is -2.06. The molecule has 0 spiro atoms. The highest BCUT2D eigenvalue weighted by atomic mass is 16.5. The molecule has 26 heavy (non-hydrogen) atoms. The second kappa shape index (κ2) is 6.49. The number of hydrazine groups is 1. The zero-order valence-electron chi connectivity index (χ0n) is 13.9. The van der Waals surface area contributed by atoms with E-state index in [1.807, 2.05) is 30.3 Å². The first kappa shape index (κ1) is 16.1. The van der Waals surface area contributed by atoms with Crippen LogP contribution in [0.15, 0.2) is 52.1 Å². The summed E-state index contributed by atoms with van der Waals surface area (Å²) in [6.45, 7) is 0. The van der Waals surface area contributed by atoms with Crippen LogP contribution in [0.5, 0.6) is 0 Å². The van der Waals surface area contributed by atoms with Gasteiger partial charge in [0.1, 0.15) is 5.52 Å². The maximum absolute atomic E-state index is 12.0. The molecule has 2 aromatic carbocycles. The Hall–Kier alpha value is -3.39. The monoisotopic (exact) mass is 350 g/mol. The Bertz CT molecular complexity index is 1010. The molecule has 0 atom stereocenters. The Labute approximate surface area is 149 Å². The number of hydrazone groups is 1. The summed E-state index contributed by atoms with van der Waals surface area (Å²) in [6.07, 6.45) is 1.92. The van der Waals surface area contributed by atoms with Crippen LogP contribution in [-0.2, 0) is 4.79 Å². The zero-order chi connectivity index (χ0) is 18.1. The van der Waals surface area contributed by atoms with Crippen LogP contribution in [0.4, 0.5) is 5.69 Å². The standard InChI is InChI=1S/C18H18N6O2/c19-22-17(23-20)12-6-7-15-14(9-12)16(26-24-15)11-2-1-3-13(8-11)21-18(25)10-4-5-10/h1-3,6-10H,4-5,19-20H2,(H,21,25)(H,22,23). The first-order chi connectivity index (χ1) is 12.7. The van der Waals surface area contributed by atoms with Crippen molar-refractivity contribution in [3.05, 3.63) is 48.0 Å². The van der Waals surface area contributed by atoms with Crippen molar-refractivity contribution in [1.29, 1.82) is 0 Å². The first-order valence-electron chi connectivity index (χ1n) is 8.25. The van der Waals surface area contributed by atoms with Crippen molar-refractivity contribution in [2.24, 2.45) is 22.7 Å². The molecule has 0 bridgehead atoms. The summed E-state index contributed by atoms with van der Waals surface area (Å²) in [4.78, 5) is 12.0. The molecule has 0 radical (unpaired) electrons. The number of rotatable bonds is 4. The molecule has 1 amide bonds. The number of fused-ring (bicyclic) bond motifs is 1. The van der Waals surface area contributed by atoms with Gasteiger partial charge in [-0.25, -0.2) is 5.84 Å². The summed E-state index contributed by atoms with van der Waals surface area (Å²) in [5, 5.41) is 11.4. The van der Waals surface area contributed by atoms with Gasteiger partial charge in [0, 0.05) is 22.7 Å². The molecule has 132 valence electrons. The summed E-state index contributed by atoms with van der Waals surface area (Å²) < 4.78 is 5.54. The van der Waals surface area contributed by atoms with Crippen LogP contribution >= 0.6 is 0 Å². The van der Waals surface area contributed by atoms with Gasteiger partial charge < -0.3 is 21.1 Å². The van der Waals surface area contributed by atoms with E-state index in [-0.39, 0.29) is 11.8 Å². The van der Waals surface area contributed by atoms with Gasteiger partial charge in [0.2, 0.25) is 5.91 Å². The van der Waals surface area contributed by atoms with Crippen LogP contribution in [0.2, 0.25) is 0 Å². The molecular formula is C18H18N6O2. The SMILES string of the molecule is N/N=C(\NN)c1ccc2noc(-c3cccc(NC(=O)C4CC4)c3)c2c1. The number of anilines is 1. The van der Waals surface area contributed by atoms with E-state index in [0.29, 0.717) is 22.7 Å². The Balaban J connectivity index is 1.71. The largest absolute Gasteiger partial charge is 0.355 e. The van der Waals surface area contributed by atoms with Crippen molar-refractivity contribution in [3.63, 3.8) is 0 Å². The third kappa shape index (κ3) is 2.98. The van der Waals surface area contributed by atoms with Crippen molar-refractivity contribution in [2.75, 3.05) is 5.32 Å². The van der Waals surface area contributed by atoms with E-state index in [1.165, 1.54) is 0 Å². The number of nitrogens with one attached hydrogen (secondary N) is 2. The number of amidine groups is 1. The molecule has 1 fully saturated rings. The van der Waals surface area contributed by atoms with Gasteiger partial charge in [-0.1, -0.05) is 17.3 Å². The maximum Gasteiger partial charge on any atom is 0.227 e. The molecule has 6 N–H and O–H groups in total. The quantitative estimate of drug-likeness (QED) is 0.246. The lowest BCUT2D eigenvalue weighted by Crippen LogP contribution is -2.31. The third-order valence-corrected chi connectivity index (χ3v) is 4.36. The van der Waals surface area contributed by atoms with Gasteiger partial charge in [-0.15, -0.1) is 0 Å². The van der Waals surface area contributed by atoms with Crippen molar-refractivity contribution in [1.82, 2.24) is 10.6 Å². The molecule has 1 heterocycles. The summed E-state index contributed by atoms with van der Waals surface area (Å²) in [5.74, 6) is 11.9. The highest BCUT2D eigenvalue weighted by Crippen LogP contribution is 2.33. The molecule has 1 aliphatic carbocycles. The van der Waals surface area contributed by atoms with E-state index in [9.17, 15) is 4.79 Å². The summed E-state index contributed by atoms with van der Waals surface area (Å²) in [5.41, 5.74) is 5.41. The number of nitrogens with zero attached hydrogens (tertiary/aromatic N) is 2. The van der Waals surface area contributed by atoms with E-state index >= 15 is 0 Å². The number of amides is 1. The van der Waals surface area contributed by atoms with E-state index in [0.717, 1.165) is 29.5 Å². The smallest absolute Gasteiger partial charge is 0.227 e. The normalized spacial score (nSPS) is 14.4. The number of hydrogen-bond donors (Lipinski definition) is 4. The number of nitrogens with two attached hydrogens (primary N) is 2. The number of aromatic nitrogens is 1. The number of benzene rings is 2. The molecule has 3 aromatic rings. The van der Waals surface area contributed by atoms with Crippen LogP contribution < -0.4 is 22.4 Å². The van der Waals surface area contributed by atoms with Crippen molar-refractivity contribution >= 4 is 28.3 Å². The summed E-state index contributed by atoms with van der Waals surface area (Å²) in [7, 11) is 0. The summed E-state index contributed by atoms with van der Waals surface area (Å²) in [6, 6.07) is 12.9. The average Bonchev–Trinajstić information content (AvgIpc) is 3.43. The fourth-order valence-corrected chi connectivity index (χ4v) is 2.82. The Morgan fingerprint density at radius 1 is 1.23 bits per heavy atom. The van der Waals surface area contributed by atoms with Gasteiger partial charge in [-0.05, 0) is 43.2 Å². The van der Waals surface area contributed by atoms with E-state index < -0.39 is 0 Å². The minimum atomic E-state index is 0.0599. The van der Waals surface area contributed by atoms with Crippen LogP contribution in [-0.4, -0.2) is 16.9 Å². The van der Waals surface area contributed by atoms with E-state index in [2.05, 4.69) is 21.0 Å². The topological polar surface area (TPSA) is 132 Å².